The summed E-state index contributed by atoms with van der Waals surface area (Å²) in [6.45, 7) is 1.35. The first-order valence-electron chi connectivity index (χ1n) is 5.35. The Balaban J connectivity index is 0.00000144. The van der Waals surface area contributed by atoms with Crippen LogP contribution >= 0.6 is 24.0 Å². The number of hydrogen-bond donors (Lipinski definition) is 2. The van der Waals surface area contributed by atoms with E-state index in [-0.39, 0.29) is 18.2 Å². The number of carbonyl (C=O) groups is 1. The predicted octanol–water partition coefficient (Wildman–Crippen LogP) is 2.06. The Morgan fingerprint density at radius 3 is 2.29 bits per heavy atom. The molecular formula is C12H15Cl2NO2. The number of rotatable bonds is 2. The van der Waals surface area contributed by atoms with Gasteiger partial charge in [-0.3, -0.25) is 4.79 Å². The first kappa shape index (κ1) is 14.5. The van der Waals surface area contributed by atoms with E-state index >= 15 is 0 Å². The normalized spacial score (nSPS) is 18.2. The highest BCUT2D eigenvalue weighted by Gasteiger charge is 2.37. The van der Waals surface area contributed by atoms with Crippen LogP contribution in [0.5, 0.6) is 0 Å². The summed E-state index contributed by atoms with van der Waals surface area (Å²) in [5, 5.41) is 14.0. The molecule has 17 heavy (non-hydrogen) atoms. The molecule has 0 aliphatic carbocycles. The minimum absolute atomic E-state index is 0. The van der Waals surface area contributed by atoms with Gasteiger partial charge in [0.05, 0.1) is 0 Å². The van der Waals surface area contributed by atoms with Gasteiger partial charge in [0.25, 0.3) is 0 Å². The molecule has 0 aromatic heterocycles. The molecule has 1 heterocycles. The number of aliphatic hydroxyl groups is 1. The van der Waals surface area contributed by atoms with Gasteiger partial charge in [-0.25, -0.2) is 0 Å². The number of piperidine rings is 1. The van der Waals surface area contributed by atoms with Crippen LogP contribution in [0.15, 0.2) is 24.3 Å². The van der Waals surface area contributed by atoms with Gasteiger partial charge in [0.1, 0.15) is 5.60 Å². The van der Waals surface area contributed by atoms with E-state index in [9.17, 15) is 9.90 Å². The topological polar surface area (TPSA) is 49.3 Å². The quantitative estimate of drug-likeness (QED) is 0.813. The van der Waals surface area contributed by atoms with Crippen molar-refractivity contribution in [3.63, 3.8) is 0 Å². The van der Waals surface area contributed by atoms with Gasteiger partial charge >= 0.3 is 0 Å². The lowest BCUT2D eigenvalue weighted by Crippen LogP contribution is -2.47. The number of Topliss-reactive ketones (excluding diaryl/α,β-unsaturated/α-hetero) is 1. The SMILES string of the molecule is Cl.O=C(c1ccc(Cl)cc1)C1(O)CCNCC1. The van der Waals surface area contributed by atoms with E-state index in [1.165, 1.54) is 0 Å². The van der Waals surface area contributed by atoms with Gasteiger partial charge in [0, 0.05) is 10.6 Å². The summed E-state index contributed by atoms with van der Waals surface area (Å²) >= 11 is 5.75. The molecule has 0 atom stereocenters. The Morgan fingerprint density at radius 1 is 1.24 bits per heavy atom. The minimum Gasteiger partial charge on any atom is -0.382 e. The summed E-state index contributed by atoms with van der Waals surface area (Å²) in [5.74, 6) is -0.203. The molecule has 1 fully saturated rings. The summed E-state index contributed by atoms with van der Waals surface area (Å²) < 4.78 is 0. The van der Waals surface area contributed by atoms with Crippen molar-refractivity contribution in [2.75, 3.05) is 13.1 Å². The smallest absolute Gasteiger partial charge is 0.194 e. The van der Waals surface area contributed by atoms with E-state index in [0.717, 1.165) is 0 Å². The molecule has 2 N–H and O–H groups in total. The summed E-state index contributed by atoms with van der Waals surface area (Å²) in [4.78, 5) is 12.1. The van der Waals surface area contributed by atoms with Gasteiger partial charge in [-0.05, 0) is 50.2 Å². The largest absolute Gasteiger partial charge is 0.382 e. The van der Waals surface area contributed by atoms with E-state index in [2.05, 4.69) is 5.32 Å². The molecule has 94 valence electrons. The zero-order valence-corrected chi connectivity index (χ0v) is 10.9. The van der Waals surface area contributed by atoms with Crippen LogP contribution in [0.1, 0.15) is 23.2 Å². The van der Waals surface area contributed by atoms with Gasteiger partial charge in [-0.1, -0.05) is 11.6 Å². The molecule has 0 radical (unpaired) electrons. The Labute approximate surface area is 112 Å². The second-order valence-electron chi connectivity index (χ2n) is 4.12. The van der Waals surface area contributed by atoms with Gasteiger partial charge in [0.15, 0.2) is 5.78 Å². The minimum atomic E-state index is -1.21. The van der Waals surface area contributed by atoms with Crippen LogP contribution in [0.3, 0.4) is 0 Å². The fourth-order valence-corrected chi connectivity index (χ4v) is 2.06. The van der Waals surface area contributed by atoms with Crippen LogP contribution < -0.4 is 5.32 Å². The molecule has 0 amide bonds. The third-order valence-electron chi connectivity index (χ3n) is 2.96. The molecular weight excluding hydrogens is 261 g/mol. The predicted molar refractivity (Wildman–Crippen MR) is 70.1 cm³/mol. The molecule has 1 aromatic carbocycles. The second-order valence-corrected chi connectivity index (χ2v) is 4.55. The monoisotopic (exact) mass is 275 g/mol. The number of carbonyl (C=O) groups excluding carboxylic acids is 1. The molecule has 2 rings (SSSR count). The van der Waals surface area contributed by atoms with Crippen molar-refractivity contribution >= 4 is 29.8 Å². The number of nitrogens with one attached hydrogen (secondary N) is 1. The van der Waals surface area contributed by atoms with E-state index < -0.39 is 5.60 Å². The van der Waals surface area contributed by atoms with Crippen molar-refractivity contribution in [1.29, 1.82) is 0 Å². The summed E-state index contributed by atoms with van der Waals surface area (Å²) in [6, 6.07) is 6.65. The average molecular weight is 276 g/mol. The Bertz CT molecular complexity index is 386. The molecule has 0 bridgehead atoms. The Morgan fingerprint density at radius 2 is 1.76 bits per heavy atom. The summed E-state index contributed by atoms with van der Waals surface area (Å²) in [7, 11) is 0. The van der Waals surface area contributed by atoms with Gasteiger partial charge in [-0.2, -0.15) is 0 Å². The maximum atomic E-state index is 12.1. The zero-order valence-electron chi connectivity index (χ0n) is 9.28. The Hall–Kier alpha value is -0.610. The van der Waals surface area contributed by atoms with Crippen molar-refractivity contribution in [2.24, 2.45) is 0 Å². The van der Waals surface area contributed by atoms with Gasteiger partial charge in [0.2, 0.25) is 0 Å². The van der Waals surface area contributed by atoms with E-state index in [1.54, 1.807) is 24.3 Å². The average Bonchev–Trinajstić information content (AvgIpc) is 2.30. The number of benzene rings is 1. The van der Waals surface area contributed by atoms with Crippen LogP contribution in [-0.4, -0.2) is 29.6 Å². The van der Waals surface area contributed by atoms with E-state index in [0.29, 0.717) is 36.5 Å². The van der Waals surface area contributed by atoms with Crippen LogP contribution in [0, 0.1) is 0 Å². The molecule has 0 unspecified atom stereocenters. The molecule has 1 aromatic rings. The fourth-order valence-electron chi connectivity index (χ4n) is 1.94. The molecule has 1 aliphatic rings. The second kappa shape index (κ2) is 5.83. The lowest BCUT2D eigenvalue weighted by molar-refractivity contribution is 0.0155. The molecule has 0 spiro atoms. The lowest BCUT2D eigenvalue weighted by atomic mass is 9.85. The molecule has 3 nitrogen and oxygen atoms in total. The van der Waals surface area contributed by atoms with E-state index in [4.69, 9.17) is 11.6 Å². The summed E-state index contributed by atoms with van der Waals surface area (Å²) in [6.07, 6.45) is 0.933. The van der Waals surface area contributed by atoms with Crippen molar-refractivity contribution in [2.45, 2.75) is 18.4 Å². The third kappa shape index (κ3) is 3.19. The first-order valence-corrected chi connectivity index (χ1v) is 5.73. The molecule has 1 aliphatic heterocycles. The number of halogens is 2. The maximum absolute atomic E-state index is 12.1. The van der Waals surface area contributed by atoms with E-state index in [1.807, 2.05) is 0 Å². The van der Waals surface area contributed by atoms with Crippen LogP contribution in [0.2, 0.25) is 5.02 Å². The molecule has 1 saturated heterocycles. The highest BCUT2D eigenvalue weighted by Crippen LogP contribution is 2.24. The van der Waals surface area contributed by atoms with Crippen molar-refractivity contribution in [3.05, 3.63) is 34.9 Å². The Kier molecular flexibility index (Phi) is 4.95. The molecule has 5 heteroatoms. The standard InChI is InChI=1S/C12H14ClNO2.ClH/c13-10-3-1-9(2-4-10)11(15)12(16)5-7-14-8-6-12;/h1-4,14,16H,5-8H2;1H. The van der Waals surface area contributed by atoms with Crippen molar-refractivity contribution in [3.8, 4) is 0 Å². The van der Waals surface area contributed by atoms with Crippen molar-refractivity contribution < 1.29 is 9.90 Å². The van der Waals surface area contributed by atoms with Crippen molar-refractivity contribution in [1.82, 2.24) is 5.32 Å². The molecule has 0 saturated carbocycles. The summed E-state index contributed by atoms with van der Waals surface area (Å²) in [5.41, 5.74) is -0.687. The number of hydrogen-bond acceptors (Lipinski definition) is 3. The highest BCUT2D eigenvalue weighted by atomic mass is 35.5. The van der Waals surface area contributed by atoms with Crippen LogP contribution in [0.25, 0.3) is 0 Å². The first-order chi connectivity index (χ1) is 7.62. The lowest BCUT2D eigenvalue weighted by Gasteiger charge is -2.31. The van der Waals surface area contributed by atoms with Crippen LogP contribution in [0.4, 0.5) is 0 Å². The zero-order chi connectivity index (χ0) is 11.6. The number of ketones is 1. The maximum Gasteiger partial charge on any atom is 0.194 e. The van der Waals surface area contributed by atoms with Gasteiger partial charge in [-0.15, -0.1) is 12.4 Å². The van der Waals surface area contributed by atoms with Gasteiger partial charge < -0.3 is 10.4 Å². The fraction of sp³-hybridized carbons (Fsp3) is 0.417. The third-order valence-corrected chi connectivity index (χ3v) is 3.21. The highest BCUT2D eigenvalue weighted by molar-refractivity contribution is 6.30. The van der Waals surface area contributed by atoms with Crippen LogP contribution in [-0.2, 0) is 0 Å².